The fourth-order valence-electron chi connectivity index (χ4n) is 7.46. The van der Waals surface area contributed by atoms with Gasteiger partial charge in [-0.1, -0.05) is 91.0 Å². The van der Waals surface area contributed by atoms with Crippen LogP contribution in [-0.4, -0.2) is 0 Å². The average molecular weight is 654 g/mol. The summed E-state index contributed by atoms with van der Waals surface area (Å²) in [5, 5.41) is 10.1. The van der Waals surface area contributed by atoms with Crippen LogP contribution >= 0.6 is 34.0 Å². The van der Waals surface area contributed by atoms with Gasteiger partial charge in [0.2, 0.25) is 0 Å². The van der Waals surface area contributed by atoms with Crippen LogP contribution in [0.1, 0.15) is 0 Å². The Morgan fingerprint density at radius 2 is 0.936 bits per heavy atom. The van der Waals surface area contributed by atoms with Crippen LogP contribution in [0.2, 0.25) is 0 Å². The molecule has 220 valence electrons. The number of fused-ring (bicyclic) bond motifs is 13. The molecule has 0 amide bonds. The van der Waals surface area contributed by atoms with Gasteiger partial charge in [0.1, 0.15) is 5.58 Å². The zero-order valence-corrected chi connectivity index (χ0v) is 27.3. The van der Waals surface area contributed by atoms with Crippen molar-refractivity contribution in [3.05, 3.63) is 140 Å². The molecule has 0 atom stereocenters. The van der Waals surface area contributed by atoms with Crippen LogP contribution in [0.25, 0.3) is 82.5 Å². The predicted octanol–water partition coefficient (Wildman–Crippen LogP) is 14.2. The van der Waals surface area contributed by atoms with Gasteiger partial charge in [0, 0.05) is 66.6 Å². The van der Waals surface area contributed by atoms with Gasteiger partial charge >= 0.3 is 0 Å². The SMILES string of the molecule is c1ccc2c(c1)oc1c(N(c3cccc4c3sc3ccccc34)c3cccc4sc5ccc6c7ccccc7sc6c5c34)cccc12. The van der Waals surface area contributed by atoms with Gasteiger partial charge in [-0.15, -0.1) is 34.0 Å². The number of furan rings is 1. The number of anilines is 3. The Morgan fingerprint density at radius 3 is 1.77 bits per heavy atom. The van der Waals surface area contributed by atoms with Crippen molar-refractivity contribution in [3.63, 3.8) is 0 Å². The van der Waals surface area contributed by atoms with Crippen molar-refractivity contribution in [2.45, 2.75) is 0 Å². The number of thiophene rings is 3. The number of nitrogens with zero attached hydrogens (tertiary/aromatic N) is 1. The van der Waals surface area contributed by atoms with E-state index in [1.54, 1.807) is 0 Å². The zero-order chi connectivity index (χ0) is 30.6. The first kappa shape index (κ1) is 25.9. The lowest BCUT2D eigenvalue weighted by Gasteiger charge is -2.27. The third kappa shape index (κ3) is 3.59. The van der Waals surface area contributed by atoms with E-state index in [2.05, 4.69) is 144 Å². The molecule has 0 radical (unpaired) electrons. The molecule has 5 heteroatoms. The lowest BCUT2D eigenvalue weighted by Crippen LogP contribution is -2.10. The fourth-order valence-corrected chi connectivity index (χ4v) is 11.1. The van der Waals surface area contributed by atoms with Crippen LogP contribution in [0.4, 0.5) is 17.1 Å². The highest BCUT2D eigenvalue weighted by Crippen LogP contribution is 2.52. The second-order valence-electron chi connectivity index (χ2n) is 12.0. The van der Waals surface area contributed by atoms with E-state index in [1.165, 1.54) is 60.5 Å². The molecule has 7 aromatic carbocycles. The van der Waals surface area contributed by atoms with Crippen LogP contribution in [-0.2, 0) is 0 Å². The van der Waals surface area contributed by atoms with E-state index in [1.807, 2.05) is 34.0 Å². The van der Waals surface area contributed by atoms with E-state index >= 15 is 0 Å². The second-order valence-corrected chi connectivity index (χ2v) is 15.2. The summed E-state index contributed by atoms with van der Waals surface area (Å²) in [6.07, 6.45) is 0. The molecule has 4 aromatic heterocycles. The molecule has 4 heterocycles. The third-order valence-corrected chi connectivity index (χ3v) is 13.0. The summed E-state index contributed by atoms with van der Waals surface area (Å²) < 4.78 is 14.6. The van der Waals surface area contributed by atoms with E-state index < -0.39 is 0 Å². The Morgan fingerprint density at radius 1 is 0.362 bits per heavy atom. The minimum Gasteiger partial charge on any atom is -0.454 e. The molecule has 11 aromatic rings. The summed E-state index contributed by atoms with van der Waals surface area (Å²) in [5.74, 6) is 0. The Bertz CT molecular complexity index is 2930. The van der Waals surface area contributed by atoms with Crippen molar-refractivity contribution in [2.75, 3.05) is 4.90 Å². The van der Waals surface area contributed by atoms with Crippen LogP contribution < -0.4 is 4.90 Å². The average Bonchev–Trinajstić information content (AvgIpc) is 3.88. The second kappa shape index (κ2) is 9.66. The first-order chi connectivity index (χ1) is 23.3. The first-order valence-corrected chi connectivity index (χ1v) is 18.1. The van der Waals surface area contributed by atoms with Gasteiger partial charge in [0.15, 0.2) is 5.58 Å². The first-order valence-electron chi connectivity index (χ1n) is 15.7. The topological polar surface area (TPSA) is 16.4 Å². The minimum absolute atomic E-state index is 0.898. The molecular weight excluding hydrogens is 631 g/mol. The molecule has 0 aliphatic heterocycles. The summed E-state index contributed by atoms with van der Waals surface area (Å²) in [7, 11) is 0. The maximum absolute atomic E-state index is 6.74. The molecule has 0 saturated heterocycles. The van der Waals surface area contributed by atoms with E-state index in [9.17, 15) is 0 Å². The van der Waals surface area contributed by atoms with Crippen LogP contribution in [0.3, 0.4) is 0 Å². The molecule has 11 rings (SSSR count). The van der Waals surface area contributed by atoms with Gasteiger partial charge in [-0.3, -0.25) is 0 Å². The van der Waals surface area contributed by atoms with Crippen molar-refractivity contribution in [3.8, 4) is 0 Å². The van der Waals surface area contributed by atoms with Crippen molar-refractivity contribution < 1.29 is 4.42 Å². The fraction of sp³-hybridized carbons (Fsp3) is 0. The van der Waals surface area contributed by atoms with Crippen LogP contribution in [0, 0.1) is 0 Å². The summed E-state index contributed by atoms with van der Waals surface area (Å²) in [5.41, 5.74) is 5.17. The highest BCUT2D eigenvalue weighted by atomic mass is 32.1. The Labute approximate surface area is 280 Å². The van der Waals surface area contributed by atoms with Crippen LogP contribution in [0.5, 0.6) is 0 Å². The summed E-state index contributed by atoms with van der Waals surface area (Å²) in [4.78, 5) is 2.48. The van der Waals surface area contributed by atoms with Crippen molar-refractivity contribution in [1.29, 1.82) is 0 Å². The molecule has 0 N–H and O–H groups in total. The van der Waals surface area contributed by atoms with E-state index in [0.717, 1.165) is 39.0 Å². The monoisotopic (exact) mass is 653 g/mol. The molecular formula is C42H23NOS3. The predicted molar refractivity (Wildman–Crippen MR) is 207 cm³/mol. The van der Waals surface area contributed by atoms with E-state index in [4.69, 9.17) is 4.42 Å². The standard InChI is InChI=1S/C42H23NOS3/c1-4-18-33-24(10-1)27-13-7-16-31(40(27)44-33)43(32-17-8-14-28-25-11-2-5-19-34(25)46-41(28)32)30-15-9-21-36-38(30)39-37(45-36)23-22-29-26-12-3-6-20-35(26)47-42(29)39/h1-23H. The number of hydrogen-bond acceptors (Lipinski definition) is 5. The number of hydrogen-bond donors (Lipinski definition) is 0. The molecule has 0 saturated carbocycles. The largest absolute Gasteiger partial charge is 0.454 e. The van der Waals surface area contributed by atoms with Crippen molar-refractivity contribution >= 4 is 134 Å². The van der Waals surface area contributed by atoms with Crippen molar-refractivity contribution in [1.82, 2.24) is 0 Å². The van der Waals surface area contributed by atoms with E-state index in [-0.39, 0.29) is 0 Å². The number of rotatable bonds is 3. The lowest BCUT2D eigenvalue weighted by molar-refractivity contribution is 0.669. The minimum atomic E-state index is 0.898. The van der Waals surface area contributed by atoms with Gasteiger partial charge in [-0.25, -0.2) is 0 Å². The van der Waals surface area contributed by atoms with Gasteiger partial charge in [0.25, 0.3) is 0 Å². The summed E-state index contributed by atoms with van der Waals surface area (Å²) >= 11 is 5.65. The van der Waals surface area contributed by atoms with Gasteiger partial charge in [0.05, 0.1) is 21.8 Å². The third-order valence-electron chi connectivity index (χ3n) is 9.47. The zero-order valence-electron chi connectivity index (χ0n) is 24.9. The quantitative estimate of drug-likeness (QED) is 0.189. The summed E-state index contributed by atoms with van der Waals surface area (Å²) in [6, 6.07) is 50.7. The normalized spacial score (nSPS) is 12.3. The van der Waals surface area contributed by atoms with Gasteiger partial charge in [-0.2, -0.15) is 0 Å². The number of benzene rings is 7. The molecule has 47 heavy (non-hydrogen) atoms. The molecule has 2 nitrogen and oxygen atoms in total. The number of para-hydroxylation sites is 2. The Balaban J connectivity index is 1.31. The molecule has 0 unspecified atom stereocenters. The van der Waals surface area contributed by atoms with Gasteiger partial charge < -0.3 is 9.32 Å². The van der Waals surface area contributed by atoms with Gasteiger partial charge in [-0.05, 0) is 48.5 Å². The molecule has 0 aliphatic carbocycles. The molecule has 0 aliphatic rings. The highest BCUT2D eigenvalue weighted by molar-refractivity contribution is 7.30. The molecule has 0 fully saturated rings. The Hall–Kier alpha value is -5.20. The molecule has 0 bridgehead atoms. The maximum Gasteiger partial charge on any atom is 0.159 e. The smallest absolute Gasteiger partial charge is 0.159 e. The van der Waals surface area contributed by atoms with Crippen LogP contribution in [0.15, 0.2) is 144 Å². The lowest BCUT2D eigenvalue weighted by atomic mass is 10.0. The molecule has 0 spiro atoms. The summed E-state index contributed by atoms with van der Waals surface area (Å²) in [6.45, 7) is 0. The highest BCUT2D eigenvalue weighted by Gasteiger charge is 2.25. The maximum atomic E-state index is 6.74. The van der Waals surface area contributed by atoms with E-state index in [0.29, 0.717) is 0 Å². The Kier molecular flexibility index (Phi) is 5.33. The van der Waals surface area contributed by atoms with Crippen molar-refractivity contribution in [2.24, 2.45) is 0 Å².